The number of aryl methyl sites for hydroxylation is 1. The molecule has 11 heteroatoms. The van der Waals surface area contributed by atoms with Gasteiger partial charge in [0, 0.05) is 12.6 Å². The smallest absolute Gasteiger partial charge is 0.480 e. The van der Waals surface area contributed by atoms with Crippen LogP contribution in [-0.2, 0) is 27.3 Å². The molecule has 0 spiro atoms. The van der Waals surface area contributed by atoms with E-state index in [1.165, 1.54) is 17.1 Å². The first-order valence-corrected chi connectivity index (χ1v) is 7.45. The molecule has 8 nitrogen and oxygen atoms in total. The number of carboxylic acid groups (broad SMARTS) is 2. The summed E-state index contributed by atoms with van der Waals surface area (Å²) < 4.78 is 33.1. The summed E-state index contributed by atoms with van der Waals surface area (Å²) in [4.78, 5) is 35.1. The Morgan fingerprint density at radius 1 is 1.11 bits per heavy atom. The normalized spacial score (nSPS) is 10.5. The van der Waals surface area contributed by atoms with Crippen molar-refractivity contribution in [3.8, 4) is 0 Å². The van der Waals surface area contributed by atoms with Gasteiger partial charge in [-0.15, -0.1) is 0 Å². The van der Waals surface area contributed by atoms with E-state index in [9.17, 15) is 22.8 Å². The van der Waals surface area contributed by atoms with Crippen molar-refractivity contribution in [2.45, 2.75) is 25.6 Å². The number of imidazole rings is 1. The Morgan fingerprint density at radius 3 is 2.22 bits per heavy atom. The van der Waals surface area contributed by atoms with E-state index in [-0.39, 0.29) is 12.5 Å². The summed E-state index contributed by atoms with van der Waals surface area (Å²) in [6, 6.07) is 9.73. The van der Waals surface area contributed by atoms with Crippen molar-refractivity contribution in [2.24, 2.45) is 0 Å². The zero-order chi connectivity index (χ0) is 20.4. The minimum Gasteiger partial charge on any atom is -0.480 e. The van der Waals surface area contributed by atoms with E-state index in [4.69, 9.17) is 15.0 Å². The summed E-state index contributed by atoms with van der Waals surface area (Å²) in [6.07, 6.45) is -1.20. The molecule has 1 aromatic carbocycles. The van der Waals surface area contributed by atoms with Crippen molar-refractivity contribution in [3.05, 3.63) is 48.4 Å². The molecule has 0 atom stereocenters. The molecule has 0 saturated carbocycles. The highest BCUT2D eigenvalue weighted by atomic mass is 19.4. The number of carboxylic acids is 2. The molecule has 27 heavy (non-hydrogen) atoms. The van der Waals surface area contributed by atoms with Crippen LogP contribution >= 0.6 is 0 Å². The van der Waals surface area contributed by atoms with Crippen molar-refractivity contribution in [1.29, 1.82) is 0 Å². The summed E-state index contributed by atoms with van der Waals surface area (Å²) in [7, 11) is 0. The predicted molar refractivity (Wildman–Crippen MR) is 86.9 cm³/mol. The fourth-order valence-corrected chi connectivity index (χ4v) is 1.78. The number of alkyl halides is 3. The first-order chi connectivity index (χ1) is 12.6. The van der Waals surface area contributed by atoms with Crippen LogP contribution in [0.2, 0.25) is 0 Å². The monoisotopic (exact) mass is 387 g/mol. The number of amides is 1. The molecule has 1 amide bonds. The van der Waals surface area contributed by atoms with Gasteiger partial charge in [-0.1, -0.05) is 30.3 Å². The zero-order valence-electron chi connectivity index (χ0n) is 13.8. The van der Waals surface area contributed by atoms with Gasteiger partial charge in [0.15, 0.2) is 5.82 Å². The molecule has 0 aliphatic rings. The van der Waals surface area contributed by atoms with Crippen molar-refractivity contribution in [1.82, 2.24) is 9.55 Å². The quantitative estimate of drug-likeness (QED) is 0.698. The molecule has 2 aromatic rings. The fourth-order valence-electron chi connectivity index (χ4n) is 1.78. The summed E-state index contributed by atoms with van der Waals surface area (Å²) in [5.41, 5.74) is 1.10. The molecule has 3 N–H and O–H groups in total. The van der Waals surface area contributed by atoms with Gasteiger partial charge in [-0.2, -0.15) is 13.2 Å². The van der Waals surface area contributed by atoms with Crippen molar-refractivity contribution >= 4 is 23.7 Å². The standard InChI is InChI=1S/C14H15N3O3.C2HF3O2/c18-13(7-6-11-4-2-1-3-5-11)16-12-8-17(10-15-12)9-14(19)20;3-2(4,5)1(6)7/h1-5,8,10H,6-7,9H2,(H,16,18)(H,19,20);(H,6,7). The highest BCUT2D eigenvalue weighted by Gasteiger charge is 2.38. The Hall–Kier alpha value is -3.37. The van der Waals surface area contributed by atoms with Crippen LogP contribution in [0.3, 0.4) is 0 Å². The maximum atomic E-state index is 11.7. The number of carbonyl (C=O) groups excluding carboxylic acids is 1. The van der Waals surface area contributed by atoms with Crippen LogP contribution in [0.5, 0.6) is 0 Å². The number of nitrogens with zero attached hydrogens (tertiary/aromatic N) is 2. The average Bonchev–Trinajstić information content (AvgIpc) is 2.99. The van der Waals surface area contributed by atoms with Crippen LogP contribution in [0.25, 0.3) is 0 Å². The van der Waals surface area contributed by atoms with Gasteiger partial charge in [0.2, 0.25) is 5.91 Å². The van der Waals surface area contributed by atoms with Crippen LogP contribution in [0.1, 0.15) is 12.0 Å². The van der Waals surface area contributed by atoms with E-state index in [0.29, 0.717) is 18.7 Å². The number of carbonyl (C=O) groups is 3. The second kappa shape index (κ2) is 9.94. The van der Waals surface area contributed by atoms with E-state index in [2.05, 4.69) is 10.3 Å². The third kappa shape index (κ3) is 9.05. The molecule has 146 valence electrons. The van der Waals surface area contributed by atoms with Crippen molar-refractivity contribution in [3.63, 3.8) is 0 Å². The number of hydrogen-bond acceptors (Lipinski definition) is 4. The van der Waals surface area contributed by atoms with E-state index in [1.807, 2.05) is 30.3 Å². The maximum absolute atomic E-state index is 11.7. The fraction of sp³-hybridized carbons (Fsp3) is 0.250. The largest absolute Gasteiger partial charge is 0.490 e. The number of aromatic nitrogens is 2. The molecule has 0 bridgehead atoms. The van der Waals surface area contributed by atoms with E-state index in [0.717, 1.165) is 5.56 Å². The number of aliphatic carboxylic acids is 2. The molecule has 1 heterocycles. The Kier molecular flexibility index (Phi) is 7.98. The van der Waals surface area contributed by atoms with Crippen LogP contribution < -0.4 is 5.32 Å². The third-order valence-corrected chi connectivity index (χ3v) is 2.94. The Morgan fingerprint density at radius 2 is 1.70 bits per heavy atom. The average molecular weight is 387 g/mol. The molecule has 2 rings (SSSR count). The highest BCUT2D eigenvalue weighted by Crippen LogP contribution is 2.13. The van der Waals surface area contributed by atoms with Crippen molar-refractivity contribution in [2.75, 3.05) is 5.32 Å². The SMILES string of the molecule is O=C(O)C(F)(F)F.O=C(O)Cn1cnc(NC(=O)CCc2ccccc2)c1. The minimum atomic E-state index is -5.08. The Balaban J connectivity index is 0.000000445. The van der Waals surface area contributed by atoms with Gasteiger partial charge in [-0.05, 0) is 12.0 Å². The van der Waals surface area contributed by atoms with E-state index in [1.54, 1.807) is 0 Å². The van der Waals surface area contributed by atoms with Gasteiger partial charge in [-0.3, -0.25) is 9.59 Å². The van der Waals surface area contributed by atoms with Gasteiger partial charge < -0.3 is 20.1 Å². The lowest BCUT2D eigenvalue weighted by molar-refractivity contribution is -0.192. The first kappa shape index (κ1) is 21.7. The van der Waals surface area contributed by atoms with E-state index < -0.39 is 18.1 Å². The molecule has 0 saturated heterocycles. The molecule has 0 unspecified atom stereocenters. The zero-order valence-corrected chi connectivity index (χ0v) is 13.8. The molecule has 0 radical (unpaired) electrons. The van der Waals surface area contributed by atoms with Gasteiger partial charge in [0.05, 0.1) is 6.33 Å². The number of rotatable bonds is 6. The summed E-state index contributed by atoms with van der Waals surface area (Å²) in [5, 5.41) is 18.4. The van der Waals surface area contributed by atoms with Crippen molar-refractivity contribution < 1.29 is 37.8 Å². The van der Waals surface area contributed by atoms with Crippen LogP contribution in [-0.4, -0.2) is 43.8 Å². The van der Waals surface area contributed by atoms with Gasteiger partial charge in [0.1, 0.15) is 6.54 Å². The number of halogens is 3. The Labute approximate surface area is 151 Å². The lowest BCUT2D eigenvalue weighted by Gasteiger charge is -2.02. The summed E-state index contributed by atoms with van der Waals surface area (Å²) in [6.45, 7) is -0.174. The maximum Gasteiger partial charge on any atom is 0.490 e. The molecule has 0 aliphatic carbocycles. The van der Waals surface area contributed by atoms with Gasteiger partial charge in [-0.25, -0.2) is 9.78 Å². The molecule has 1 aromatic heterocycles. The minimum absolute atomic E-state index is 0.144. The number of hydrogen-bond donors (Lipinski definition) is 3. The highest BCUT2D eigenvalue weighted by molar-refractivity contribution is 5.89. The summed E-state index contributed by atoms with van der Waals surface area (Å²) in [5.74, 6) is -3.49. The van der Waals surface area contributed by atoms with Crippen LogP contribution in [0.4, 0.5) is 19.0 Å². The van der Waals surface area contributed by atoms with Crippen LogP contribution in [0, 0.1) is 0 Å². The molecular weight excluding hydrogens is 371 g/mol. The lowest BCUT2D eigenvalue weighted by atomic mass is 10.1. The molecular formula is C16H16F3N3O5. The number of anilines is 1. The lowest BCUT2D eigenvalue weighted by Crippen LogP contribution is -2.21. The third-order valence-electron chi connectivity index (χ3n) is 2.94. The second-order valence-electron chi connectivity index (χ2n) is 5.16. The topological polar surface area (TPSA) is 122 Å². The molecule has 0 fully saturated rings. The number of nitrogens with one attached hydrogen (secondary N) is 1. The first-order valence-electron chi connectivity index (χ1n) is 7.45. The second-order valence-corrected chi connectivity index (χ2v) is 5.16. The van der Waals surface area contributed by atoms with E-state index >= 15 is 0 Å². The summed E-state index contributed by atoms with van der Waals surface area (Å²) >= 11 is 0. The van der Waals surface area contributed by atoms with Crippen LogP contribution in [0.15, 0.2) is 42.9 Å². The van der Waals surface area contributed by atoms with Gasteiger partial charge in [0.25, 0.3) is 0 Å². The van der Waals surface area contributed by atoms with Gasteiger partial charge >= 0.3 is 18.1 Å². The predicted octanol–water partition coefficient (Wildman–Crippen LogP) is 2.17. The Bertz CT molecular complexity index is 775. The number of benzene rings is 1. The molecule has 0 aliphatic heterocycles.